The Morgan fingerprint density at radius 2 is 1.72 bits per heavy atom. The van der Waals surface area contributed by atoms with Crippen LogP contribution in [-0.2, 0) is 9.84 Å². The second-order valence-electron chi connectivity index (χ2n) is 6.59. The van der Waals surface area contributed by atoms with E-state index in [9.17, 15) is 18.1 Å². The lowest BCUT2D eigenvalue weighted by Crippen LogP contribution is -2.17. The van der Waals surface area contributed by atoms with Gasteiger partial charge in [-0.25, -0.2) is 22.8 Å². The first kappa shape index (κ1) is 20.7. The van der Waals surface area contributed by atoms with Gasteiger partial charge >= 0.3 is 0 Å². The lowest BCUT2D eigenvalue weighted by molar-refractivity contribution is 0.589. The van der Waals surface area contributed by atoms with Gasteiger partial charge in [-0.2, -0.15) is 5.26 Å². The highest BCUT2D eigenvalue weighted by molar-refractivity contribution is 7.92. The Morgan fingerprint density at radius 1 is 1.07 bits per heavy atom. The first-order chi connectivity index (χ1) is 14.0. The molecule has 3 aromatic rings. The number of rotatable bonds is 8. The van der Waals surface area contributed by atoms with E-state index in [1.165, 1.54) is 0 Å². The molecule has 0 saturated carbocycles. The number of nitriles is 1. The standard InChI is InChI=1S/C21H21FN4O2S/c1-2-3-6-13-24-21-20(25-17-7-4-5-8-18(17)26-21)19(14-23)29(27,28)16-11-9-15(22)10-12-16/h4-5,7-12,19H,2-3,6,13H2,1H3,(H,24,26)/t19-/m1/s1. The predicted molar refractivity (Wildman–Crippen MR) is 109 cm³/mol. The molecule has 1 N–H and O–H groups in total. The molecule has 150 valence electrons. The molecule has 0 spiro atoms. The molecule has 0 fully saturated rings. The van der Waals surface area contributed by atoms with E-state index < -0.39 is 20.9 Å². The summed E-state index contributed by atoms with van der Waals surface area (Å²) in [6.07, 6.45) is 2.93. The minimum absolute atomic E-state index is 0.0482. The minimum atomic E-state index is -4.12. The molecule has 0 bridgehead atoms. The third kappa shape index (κ3) is 4.51. The van der Waals surface area contributed by atoms with E-state index >= 15 is 0 Å². The fourth-order valence-corrected chi connectivity index (χ4v) is 4.33. The number of para-hydroxylation sites is 2. The number of aromatic nitrogens is 2. The number of fused-ring (bicyclic) bond motifs is 1. The van der Waals surface area contributed by atoms with Gasteiger partial charge in [-0.1, -0.05) is 31.9 Å². The van der Waals surface area contributed by atoms with Gasteiger partial charge in [0.1, 0.15) is 11.5 Å². The Labute approximate surface area is 169 Å². The van der Waals surface area contributed by atoms with Gasteiger partial charge in [-0.05, 0) is 42.8 Å². The summed E-state index contributed by atoms with van der Waals surface area (Å²) in [4.78, 5) is 8.83. The van der Waals surface area contributed by atoms with Crippen molar-refractivity contribution in [2.45, 2.75) is 36.3 Å². The summed E-state index contributed by atoms with van der Waals surface area (Å²) in [5.74, 6) is -0.279. The SMILES string of the molecule is CCCCCNc1nc2ccccc2nc1[C@@H](C#N)S(=O)(=O)c1ccc(F)cc1. The van der Waals surface area contributed by atoms with Crippen LogP contribution in [-0.4, -0.2) is 24.9 Å². The van der Waals surface area contributed by atoms with Crippen LogP contribution in [0.3, 0.4) is 0 Å². The van der Waals surface area contributed by atoms with Crippen molar-refractivity contribution in [1.82, 2.24) is 9.97 Å². The van der Waals surface area contributed by atoms with Crippen LogP contribution in [0.15, 0.2) is 53.4 Å². The molecule has 0 aliphatic rings. The van der Waals surface area contributed by atoms with Crippen LogP contribution in [0, 0.1) is 17.1 Å². The smallest absolute Gasteiger partial charge is 0.200 e. The number of anilines is 1. The highest BCUT2D eigenvalue weighted by Crippen LogP contribution is 2.32. The number of halogens is 1. The van der Waals surface area contributed by atoms with Crippen molar-refractivity contribution < 1.29 is 12.8 Å². The lowest BCUT2D eigenvalue weighted by atomic mass is 10.2. The van der Waals surface area contributed by atoms with Crippen LogP contribution in [0.5, 0.6) is 0 Å². The van der Waals surface area contributed by atoms with Crippen molar-refractivity contribution in [3.8, 4) is 6.07 Å². The summed E-state index contributed by atoms with van der Waals surface area (Å²) >= 11 is 0. The van der Waals surface area contributed by atoms with Gasteiger partial charge in [0, 0.05) is 6.54 Å². The zero-order chi connectivity index (χ0) is 20.9. The highest BCUT2D eigenvalue weighted by atomic mass is 32.2. The van der Waals surface area contributed by atoms with Gasteiger partial charge in [0.25, 0.3) is 0 Å². The quantitative estimate of drug-likeness (QED) is 0.435. The molecule has 8 heteroatoms. The summed E-state index contributed by atoms with van der Waals surface area (Å²) in [5.41, 5.74) is 1.15. The molecule has 3 rings (SSSR count). The zero-order valence-corrected chi connectivity index (χ0v) is 16.8. The molecule has 0 saturated heterocycles. The largest absolute Gasteiger partial charge is 0.368 e. The van der Waals surface area contributed by atoms with Crippen LogP contribution >= 0.6 is 0 Å². The average Bonchev–Trinajstić information content (AvgIpc) is 2.72. The molecular weight excluding hydrogens is 391 g/mol. The second kappa shape index (κ2) is 8.97. The van der Waals surface area contributed by atoms with Gasteiger partial charge in [-0.3, -0.25) is 0 Å². The third-order valence-corrected chi connectivity index (χ3v) is 6.37. The Kier molecular flexibility index (Phi) is 6.39. The molecule has 0 unspecified atom stereocenters. The molecule has 1 atom stereocenters. The summed E-state index contributed by atoms with van der Waals surface area (Å²) < 4.78 is 39.4. The van der Waals surface area contributed by atoms with E-state index in [4.69, 9.17) is 0 Å². The monoisotopic (exact) mass is 412 g/mol. The van der Waals surface area contributed by atoms with Crippen molar-refractivity contribution in [2.24, 2.45) is 0 Å². The van der Waals surface area contributed by atoms with Gasteiger partial charge in [0.05, 0.1) is 22.0 Å². The number of hydrogen-bond donors (Lipinski definition) is 1. The van der Waals surface area contributed by atoms with Gasteiger partial charge < -0.3 is 5.32 Å². The van der Waals surface area contributed by atoms with Crippen LogP contribution in [0.4, 0.5) is 10.2 Å². The average molecular weight is 412 g/mol. The maximum Gasteiger partial charge on any atom is 0.200 e. The summed E-state index contributed by atoms with van der Waals surface area (Å²) in [6.45, 7) is 2.67. The first-order valence-electron chi connectivity index (χ1n) is 9.37. The van der Waals surface area contributed by atoms with E-state index in [1.54, 1.807) is 18.2 Å². The van der Waals surface area contributed by atoms with Crippen LogP contribution in [0.1, 0.15) is 37.1 Å². The van der Waals surface area contributed by atoms with E-state index in [1.807, 2.05) is 12.1 Å². The normalized spacial score (nSPS) is 12.4. The van der Waals surface area contributed by atoms with Gasteiger partial charge in [-0.15, -0.1) is 0 Å². The fraction of sp³-hybridized carbons (Fsp3) is 0.286. The predicted octanol–water partition coefficient (Wildman–Crippen LogP) is 4.41. The van der Waals surface area contributed by atoms with Crippen molar-refractivity contribution in [1.29, 1.82) is 5.26 Å². The third-order valence-electron chi connectivity index (χ3n) is 4.49. The molecule has 0 aliphatic heterocycles. The maximum absolute atomic E-state index is 13.2. The number of nitrogens with zero attached hydrogens (tertiary/aromatic N) is 3. The molecule has 1 heterocycles. The van der Waals surface area contributed by atoms with Crippen molar-refractivity contribution in [3.05, 3.63) is 60.0 Å². The molecule has 6 nitrogen and oxygen atoms in total. The van der Waals surface area contributed by atoms with E-state index in [0.717, 1.165) is 43.5 Å². The topological polar surface area (TPSA) is 95.7 Å². The van der Waals surface area contributed by atoms with Crippen LogP contribution in [0.2, 0.25) is 0 Å². The number of hydrogen-bond acceptors (Lipinski definition) is 6. The van der Waals surface area contributed by atoms with Crippen molar-refractivity contribution >= 4 is 26.7 Å². The van der Waals surface area contributed by atoms with Crippen LogP contribution < -0.4 is 5.32 Å². The molecule has 2 aromatic carbocycles. The van der Waals surface area contributed by atoms with E-state index in [0.29, 0.717) is 17.6 Å². The Hall–Kier alpha value is -3.05. The molecule has 0 amide bonds. The zero-order valence-electron chi connectivity index (χ0n) is 16.0. The summed E-state index contributed by atoms with van der Waals surface area (Å²) in [6, 6.07) is 13.3. The number of benzene rings is 2. The minimum Gasteiger partial charge on any atom is -0.368 e. The van der Waals surface area contributed by atoms with Crippen LogP contribution in [0.25, 0.3) is 11.0 Å². The summed E-state index contributed by atoms with van der Waals surface area (Å²) in [7, 11) is -4.12. The maximum atomic E-state index is 13.2. The molecule has 1 aromatic heterocycles. The number of sulfone groups is 1. The van der Waals surface area contributed by atoms with Crippen molar-refractivity contribution in [3.63, 3.8) is 0 Å². The van der Waals surface area contributed by atoms with E-state index in [2.05, 4.69) is 22.2 Å². The Balaban J connectivity index is 2.08. The molecule has 29 heavy (non-hydrogen) atoms. The van der Waals surface area contributed by atoms with E-state index in [-0.39, 0.29) is 16.4 Å². The number of unbranched alkanes of at least 4 members (excludes halogenated alkanes) is 2. The Morgan fingerprint density at radius 3 is 2.34 bits per heavy atom. The first-order valence-corrected chi connectivity index (χ1v) is 10.9. The number of nitrogens with one attached hydrogen (secondary N) is 1. The highest BCUT2D eigenvalue weighted by Gasteiger charge is 2.33. The molecule has 0 radical (unpaired) electrons. The fourth-order valence-electron chi connectivity index (χ4n) is 2.95. The lowest BCUT2D eigenvalue weighted by Gasteiger charge is -2.16. The van der Waals surface area contributed by atoms with Gasteiger partial charge in [0.15, 0.2) is 11.1 Å². The molecule has 0 aliphatic carbocycles. The Bertz CT molecular complexity index is 1140. The summed E-state index contributed by atoms with van der Waals surface area (Å²) in [5, 5.41) is 11.3. The van der Waals surface area contributed by atoms with Crippen molar-refractivity contribution in [2.75, 3.05) is 11.9 Å². The second-order valence-corrected chi connectivity index (χ2v) is 8.62. The molecular formula is C21H21FN4O2S. The van der Waals surface area contributed by atoms with Gasteiger partial charge in [0.2, 0.25) is 9.84 Å².